The summed E-state index contributed by atoms with van der Waals surface area (Å²) < 4.78 is 10.7. The minimum absolute atomic E-state index is 0.0193. The molecule has 0 aromatic heterocycles. The van der Waals surface area contributed by atoms with E-state index in [1.54, 1.807) is 7.11 Å². The first-order valence-electron chi connectivity index (χ1n) is 4.53. The molecule has 0 aliphatic carbocycles. The number of rotatable bonds is 8. The van der Waals surface area contributed by atoms with Gasteiger partial charge in [-0.25, -0.2) is 0 Å². The van der Waals surface area contributed by atoms with Crippen molar-refractivity contribution in [2.75, 3.05) is 20.3 Å². The van der Waals surface area contributed by atoms with E-state index >= 15 is 0 Å². The van der Waals surface area contributed by atoms with Gasteiger partial charge in [0.2, 0.25) is 0 Å². The van der Waals surface area contributed by atoms with Gasteiger partial charge in [-0.15, -0.1) is 0 Å². The number of hydrogen-bond acceptors (Lipinski definition) is 4. The van der Waals surface area contributed by atoms with Crippen molar-refractivity contribution in [3.63, 3.8) is 0 Å². The Balaban J connectivity index is 3.97. The van der Waals surface area contributed by atoms with Crippen molar-refractivity contribution >= 4 is 14.3 Å². The highest BCUT2D eigenvalue weighted by molar-refractivity contribution is 6.66. The molecule has 0 aliphatic heterocycles. The Labute approximate surface area is 85.8 Å². The fraction of sp³-hybridized carbons (Fsp3) is 0.667. The molecule has 14 heavy (non-hydrogen) atoms. The first-order chi connectivity index (χ1) is 6.58. The van der Waals surface area contributed by atoms with E-state index in [-0.39, 0.29) is 19.0 Å². The van der Waals surface area contributed by atoms with E-state index in [2.05, 4.69) is 6.58 Å². The molecule has 0 bridgehead atoms. The third kappa shape index (κ3) is 5.28. The highest BCUT2D eigenvalue weighted by Gasteiger charge is 2.29. The molecule has 1 unspecified atom stereocenters. The molecule has 1 atom stereocenters. The molecule has 0 saturated heterocycles. The van der Waals surface area contributed by atoms with Gasteiger partial charge in [0.1, 0.15) is 0 Å². The van der Waals surface area contributed by atoms with Gasteiger partial charge in [-0.2, -0.15) is 0 Å². The molecule has 0 saturated carbocycles. The molecule has 0 amide bonds. The highest BCUT2D eigenvalue weighted by Crippen LogP contribution is 2.14. The van der Waals surface area contributed by atoms with Gasteiger partial charge in [0.15, 0.2) is 5.78 Å². The van der Waals surface area contributed by atoms with Crippen LogP contribution in [0.15, 0.2) is 12.7 Å². The zero-order chi connectivity index (χ0) is 11.0. The lowest BCUT2D eigenvalue weighted by Crippen LogP contribution is -2.39. The Kier molecular flexibility index (Phi) is 6.64. The third-order valence-corrected chi connectivity index (χ3v) is 4.85. The number of ketones is 1. The van der Waals surface area contributed by atoms with Crippen molar-refractivity contribution in [1.82, 2.24) is 0 Å². The number of aliphatic hydroxyl groups is 1. The molecule has 1 N–H and O–H groups in total. The maximum Gasteiger partial charge on any atom is 0.335 e. The molecule has 0 radical (unpaired) electrons. The van der Waals surface area contributed by atoms with Gasteiger partial charge in [-0.1, -0.05) is 6.58 Å². The van der Waals surface area contributed by atoms with Gasteiger partial charge in [-0.05, 0) is 25.1 Å². The topological polar surface area (TPSA) is 55.8 Å². The Hall–Kier alpha value is -0.493. The van der Waals surface area contributed by atoms with Crippen molar-refractivity contribution in [3.8, 4) is 0 Å². The minimum Gasteiger partial charge on any atom is -0.398 e. The Morgan fingerprint density at radius 1 is 1.64 bits per heavy atom. The normalized spacial score (nSPS) is 14.8. The van der Waals surface area contributed by atoms with E-state index in [0.29, 0.717) is 12.5 Å². The maximum atomic E-state index is 10.9. The molecule has 0 spiro atoms. The van der Waals surface area contributed by atoms with E-state index in [4.69, 9.17) is 14.0 Å². The quantitative estimate of drug-likeness (QED) is 0.485. The lowest BCUT2D eigenvalue weighted by atomic mass is 10.4. The van der Waals surface area contributed by atoms with Gasteiger partial charge in [0, 0.05) is 13.7 Å². The maximum absolute atomic E-state index is 10.9. The average molecular weight is 218 g/mol. The van der Waals surface area contributed by atoms with Crippen molar-refractivity contribution in [1.29, 1.82) is 0 Å². The fourth-order valence-electron chi connectivity index (χ4n) is 0.916. The second-order valence-electron chi connectivity index (χ2n) is 3.12. The van der Waals surface area contributed by atoms with Crippen LogP contribution in [-0.4, -0.2) is 39.8 Å². The summed E-state index contributed by atoms with van der Waals surface area (Å²) in [5, 5.41) is 8.68. The van der Waals surface area contributed by atoms with E-state index in [1.165, 1.54) is 6.08 Å². The van der Waals surface area contributed by atoms with Crippen LogP contribution in [0.2, 0.25) is 12.6 Å². The second-order valence-corrected chi connectivity index (χ2v) is 6.59. The molecular formula is C9H18O4Si. The first-order valence-corrected chi connectivity index (χ1v) is 7.05. The summed E-state index contributed by atoms with van der Waals surface area (Å²) in [6, 6.07) is 0.685. The average Bonchev–Trinajstić information content (AvgIpc) is 2.23. The summed E-state index contributed by atoms with van der Waals surface area (Å²) >= 11 is 0. The van der Waals surface area contributed by atoms with Crippen LogP contribution in [0.25, 0.3) is 0 Å². The number of aliphatic hydroxyl groups excluding tert-OH is 1. The molecule has 0 aliphatic rings. The van der Waals surface area contributed by atoms with Crippen LogP contribution in [-0.2, 0) is 13.6 Å². The lowest BCUT2D eigenvalue weighted by Gasteiger charge is -2.24. The smallest absolute Gasteiger partial charge is 0.335 e. The monoisotopic (exact) mass is 218 g/mol. The number of carbonyl (C=O) groups is 1. The lowest BCUT2D eigenvalue weighted by molar-refractivity contribution is -0.117. The van der Waals surface area contributed by atoms with Crippen molar-refractivity contribution < 1.29 is 18.8 Å². The van der Waals surface area contributed by atoms with Gasteiger partial charge in [0.25, 0.3) is 0 Å². The molecule has 0 fully saturated rings. The van der Waals surface area contributed by atoms with Crippen molar-refractivity contribution in [3.05, 3.63) is 12.7 Å². The molecule has 0 rings (SSSR count). The predicted molar refractivity (Wildman–Crippen MR) is 56.3 cm³/mol. The summed E-state index contributed by atoms with van der Waals surface area (Å²) in [5.41, 5.74) is 0. The van der Waals surface area contributed by atoms with Crippen molar-refractivity contribution in [2.45, 2.75) is 19.0 Å². The van der Waals surface area contributed by atoms with Gasteiger partial charge >= 0.3 is 8.56 Å². The van der Waals surface area contributed by atoms with E-state index in [1.807, 2.05) is 6.55 Å². The second kappa shape index (κ2) is 6.89. The van der Waals surface area contributed by atoms with Crippen LogP contribution in [0.5, 0.6) is 0 Å². The summed E-state index contributed by atoms with van der Waals surface area (Å²) in [5.74, 6) is -0.148. The van der Waals surface area contributed by atoms with Crippen LogP contribution in [0, 0.1) is 0 Å². The van der Waals surface area contributed by atoms with Crippen molar-refractivity contribution in [2.24, 2.45) is 0 Å². The first kappa shape index (κ1) is 13.5. The highest BCUT2D eigenvalue weighted by atomic mass is 28.4. The molecule has 0 aromatic carbocycles. The van der Waals surface area contributed by atoms with Crippen LogP contribution in [0.1, 0.15) is 6.42 Å². The fourth-order valence-corrected chi connectivity index (χ4v) is 2.63. The molecular weight excluding hydrogens is 200 g/mol. The summed E-state index contributed by atoms with van der Waals surface area (Å²) in [6.45, 7) is 5.36. The van der Waals surface area contributed by atoms with Crippen LogP contribution in [0.4, 0.5) is 0 Å². The Morgan fingerprint density at radius 2 is 2.29 bits per heavy atom. The van der Waals surface area contributed by atoms with Gasteiger partial charge < -0.3 is 14.0 Å². The zero-order valence-corrected chi connectivity index (χ0v) is 9.78. The summed E-state index contributed by atoms with van der Waals surface area (Å²) in [4.78, 5) is 10.9. The van der Waals surface area contributed by atoms with E-state index in [9.17, 15) is 4.79 Å². The molecule has 0 heterocycles. The van der Waals surface area contributed by atoms with Crippen LogP contribution in [0.3, 0.4) is 0 Å². The van der Waals surface area contributed by atoms with E-state index in [0.717, 1.165) is 0 Å². The summed E-state index contributed by atoms with van der Waals surface area (Å²) in [7, 11) is -0.681. The Bertz CT molecular complexity index is 195. The van der Waals surface area contributed by atoms with Crippen LogP contribution >= 0.6 is 0 Å². The molecule has 82 valence electrons. The zero-order valence-electron chi connectivity index (χ0n) is 8.78. The van der Waals surface area contributed by atoms with Gasteiger partial charge in [-0.3, -0.25) is 4.79 Å². The largest absolute Gasteiger partial charge is 0.398 e. The minimum atomic E-state index is -2.25. The Morgan fingerprint density at radius 3 is 2.71 bits per heavy atom. The molecule has 4 nitrogen and oxygen atoms in total. The van der Waals surface area contributed by atoms with Crippen LogP contribution < -0.4 is 0 Å². The molecule has 5 heteroatoms. The standard InChI is InChI=1S/C9H18O4Si/c1-4-9(11)8-13-14(3,12-2)7-5-6-10/h4,10H,1,5-8H2,2-3H3. The summed E-state index contributed by atoms with van der Waals surface area (Å²) in [6.07, 6.45) is 1.87. The third-order valence-electron chi connectivity index (χ3n) is 1.97. The van der Waals surface area contributed by atoms with E-state index < -0.39 is 8.56 Å². The number of carbonyl (C=O) groups excluding carboxylic acids is 1. The molecule has 0 aromatic rings. The predicted octanol–water partition coefficient (Wildman–Crippen LogP) is 0.859. The van der Waals surface area contributed by atoms with Gasteiger partial charge in [0.05, 0.1) is 6.61 Å². The number of hydrogen-bond donors (Lipinski definition) is 1. The SMILES string of the molecule is C=CC(=O)CO[Si](C)(CCCO)OC.